The van der Waals surface area contributed by atoms with E-state index < -0.39 is 12.1 Å². The molecule has 2 atom stereocenters. The number of carbonyl (C=O) groups excluding carboxylic acids is 2. The molecular formula is C28H30ClFN4O3. The van der Waals surface area contributed by atoms with Crippen LogP contribution in [0.1, 0.15) is 30.4 Å². The smallest absolute Gasteiger partial charge is 0.322 e. The molecule has 0 aromatic heterocycles. The highest BCUT2D eigenvalue weighted by molar-refractivity contribution is 6.30. The van der Waals surface area contributed by atoms with Crippen LogP contribution in [0.25, 0.3) is 0 Å². The lowest BCUT2D eigenvalue weighted by Crippen LogP contribution is -2.45. The van der Waals surface area contributed by atoms with Gasteiger partial charge in [-0.15, -0.1) is 0 Å². The van der Waals surface area contributed by atoms with Crippen molar-refractivity contribution < 1.29 is 18.7 Å². The number of allylic oxidation sites excluding steroid dienone is 4. The first kappa shape index (κ1) is 25.3. The number of hydrogen-bond donors (Lipinski definition) is 3. The molecule has 2 aromatic carbocycles. The molecule has 3 N–H and O–H groups in total. The van der Waals surface area contributed by atoms with E-state index in [1.54, 1.807) is 30.3 Å². The monoisotopic (exact) mass is 524 g/mol. The van der Waals surface area contributed by atoms with Gasteiger partial charge in [-0.2, -0.15) is 0 Å². The zero-order valence-corrected chi connectivity index (χ0v) is 21.2. The van der Waals surface area contributed by atoms with Crippen molar-refractivity contribution in [3.8, 4) is 0 Å². The summed E-state index contributed by atoms with van der Waals surface area (Å²) in [7, 11) is 0. The number of amides is 3. The number of carbonyl (C=O) groups is 2. The van der Waals surface area contributed by atoms with Crippen LogP contribution in [0.4, 0.5) is 20.6 Å². The molecule has 3 aliphatic rings. The first-order chi connectivity index (χ1) is 17.9. The van der Waals surface area contributed by atoms with Crippen LogP contribution >= 0.6 is 11.6 Å². The summed E-state index contributed by atoms with van der Waals surface area (Å²) in [5, 5.41) is 9.82. The summed E-state index contributed by atoms with van der Waals surface area (Å²) in [5.41, 5.74) is 3.79. The van der Waals surface area contributed by atoms with Crippen LogP contribution < -0.4 is 16.0 Å². The van der Waals surface area contributed by atoms with Crippen molar-refractivity contribution in [3.05, 3.63) is 82.4 Å². The van der Waals surface area contributed by atoms with Crippen LogP contribution in [0.2, 0.25) is 5.02 Å². The maximum atomic E-state index is 13.5. The summed E-state index contributed by atoms with van der Waals surface area (Å²) in [4.78, 5) is 28.2. The van der Waals surface area contributed by atoms with E-state index in [1.165, 1.54) is 22.1 Å². The van der Waals surface area contributed by atoms with Crippen molar-refractivity contribution in [1.29, 1.82) is 0 Å². The van der Waals surface area contributed by atoms with Gasteiger partial charge in [0.25, 0.3) is 0 Å². The Labute approximate surface area is 220 Å². The van der Waals surface area contributed by atoms with Crippen molar-refractivity contribution in [2.75, 3.05) is 30.3 Å². The van der Waals surface area contributed by atoms with Crippen molar-refractivity contribution in [3.63, 3.8) is 0 Å². The average Bonchev–Trinajstić information content (AvgIpc) is 3.17. The Kier molecular flexibility index (Phi) is 7.76. The minimum atomic E-state index is -0.728. The van der Waals surface area contributed by atoms with Gasteiger partial charge in [0.1, 0.15) is 18.0 Å². The highest BCUT2D eigenvalue weighted by Gasteiger charge is 2.41. The lowest BCUT2D eigenvalue weighted by Gasteiger charge is -2.24. The number of fused-ring (bicyclic) bond motifs is 1. The zero-order chi connectivity index (χ0) is 25.8. The van der Waals surface area contributed by atoms with Gasteiger partial charge in [-0.3, -0.25) is 4.79 Å². The average molecular weight is 525 g/mol. The predicted octanol–water partition coefficient (Wildman–Crippen LogP) is 5.19. The topological polar surface area (TPSA) is 82.7 Å². The molecule has 0 saturated carbocycles. The van der Waals surface area contributed by atoms with E-state index >= 15 is 0 Å². The molecule has 194 valence electrons. The van der Waals surface area contributed by atoms with Gasteiger partial charge in [-0.1, -0.05) is 17.7 Å². The fourth-order valence-electron chi connectivity index (χ4n) is 4.97. The number of urea groups is 1. The van der Waals surface area contributed by atoms with E-state index in [4.69, 9.17) is 16.3 Å². The highest BCUT2D eigenvalue weighted by atomic mass is 35.5. The van der Waals surface area contributed by atoms with Crippen LogP contribution in [-0.2, 0) is 22.4 Å². The number of nitrogens with zero attached hydrogens (tertiary/aromatic N) is 1. The van der Waals surface area contributed by atoms with Crippen LogP contribution in [0.5, 0.6) is 0 Å². The highest BCUT2D eigenvalue weighted by Crippen LogP contribution is 2.29. The quantitative estimate of drug-likeness (QED) is 0.503. The molecule has 2 aliphatic heterocycles. The van der Waals surface area contributed by atoms with Gasteiger partial charge in [0.2, 0.25) is 5.91 Å². The molecular weight excluding hydrogens is 495 g/mol. The normalized spacial score (nSPS) is 21.3. The summed E-state index contributed by atoms with van der Waals surface area (Å²) in [6.07, 6.45) is 5.57. The summed E-state index contributed by atoms with van der Waals surface area (Å²) in [6, 6.07) is 11.7. The Morgan fingerprint density at radius 3 is 2.46 bits per heavy atom. The van der Waals surface area contributed by atoms with E-state index in [0.717, 1.165) is 25.9 Å². The molecule has 5 rings (SSSR count). The van der Waals surface area contributed by atoms with Gasteiger partial charge < -0.3 is 25.6 Å². The standard InChI is InChI=1S/C28H30ClFN4O3/c29-20-2-7-22(8-3-20)33-28(36)34-17-25(37-24-9-4-21(30)5-10-24)16-26(34)27(35)32-23-6-1-18-11-13-31-14-12-19(18)15-23/h1-4,6-9,15,25-26,31H,5,10-14,16-17H2,(H,32,35)(H,33,36). The lowest BCUT2D eigenvalue weighted by atomic mass is 10.0. The molecule has 37 heavy (non-hydrogen) atoms. The molecule has 0 spiro atoms. The molecule has 9 heteroatoms. The largest absolute Gasteiger partial charge is 0.493 e. The number of nitrogens with one attached hydrogen (secondary N) is 3. The first-order valence-electron chi connectivity index (χ1n) is 12.6. The first-order valence-corrected chi connectivity index (χ1v) is 13.0. The molecule has 3 amide bonds. The maximum absolute atomic E-state index is 13.5. The Balaban J connectivity index is 1.32. The molecule has 0 bridgehead atoms. The second-order valence-corrected chi connectivity index (χ2v) is 9.99. The van der Waals surface area contributed by atoms with Crippen molar-refractivity contribution in [2.24, 2.45) is 0 Å². The molecule has 7 nitrogen and oxygen atoms in total. The van der Waals surface area contributed by atoms with Crippen molar-refractivity contribution in [1.82, 2.24) is 10.2 Å². The van der Waals surface area contributed by atoms with Gasteiger partial charge in [-0.05, 0) is 85.6 Å². The molecule has 2 unspecified atom stereocenters. The second kappa shape index (κ2) is 11.4. The zero-order valence-electron chi connectivity index (χ0n) is 20.4. The summed E-state index contributed by atoms with van der Waals surface area (Å²) >= 11 is 5.96. The molecule has 1 saturated heterocycles. The summed E-state index contributed by atoms with van der Waals surface area (Å²) < 4.78 is 19.5. The van der Waals surface area contributed by atoms with Gasteiger partial charge in [0.15, 0.2) is 0 Å². The SMILES string of the molecule is O=C(Nc1ccc2c(c1)CCNCC2)C1CC(OC2=CC=C(F)CC2)CN1C(=O)Nc1ccc(Cl)cc1. The van der Waals surface area contributed by atoms with E-state index in [0.29, 0.717) is 35.0 Å². The minimum Gasteiger partial charge on any atom is -0.493 e. The Hall–Kier alpha value is -3.36. The Morgan fingerprint density at radius 1 is 0.946 bits per heavy atom. The summed E-state index contributed by atoms with van der Waals surface area (Å²) in [6.45, 7) is 2.08. The Morgan fingerprint density at radius 2 is 1.70 bits per heavy atom. The van der Waals surface area contributed by atoms with Crippen LogP contribution in [-0.4, -0.2) is 48.6 Å². The molecule has 1 aliphatic carbocycles. The van der Waals surface area contributed by atoms with Gasteiger partial charge in [0.05, 0.1) is 12.3 Å². The maximum Gasteiger partial charge on any atom is 0.322 e. The third-order valence-electron chi connectivity index (χ3n) is 6.92. The van der Waals surface area contributed by atoms with Crippen LogP contribution in [0, 0.1) is 0 Å². The van der Waals surface area contributed by atoms with Gasteiger partial charge in [0, 0.05) is 35.7 Å². The fraction of sp³-hybridized carbons (Fsp3) is 0.357. The minimum absolute atomic E-state index is 0.184. The summed E-state index contributed by atoms with van der Waals surface area (Å²) in [5.74, 6) is 0.203. The number of anilines is 2. The third kappa shape index (κ3) is 6.32. The Bertz CT molecular complexity index is 1230. The fourth-order valence-corrected chi connectivity index (χ4v) is 5.09. The van der Waals surface area contributed by atoms with Gasteiger partial charge in [-0.25, -0.2) is 9.18 Å². The molecule has 1 fully saturated rings. The molecule has 2 heterocycles. The molecule has 2 aromatic rings. The lowest BCUT2D eigenvalue weighted by molar-refractivity contribution is -0.119. The predicted molar refractivity (Wildman–Crippen MR) is 142 cm³/mol. The number of halogens is 2. The van der Waals surface area contributed by atoms with E-state index in [2.05, 4.69) is 22.0 Å². The van der Waals surface area contributed by atoms with E-state index in [1.807, 2.05) is 12.1 Å². The number of hydrogen-bond acceptors (Lipinski definition) is 4. The number of likely N-dealkylation sites (tertiary alicyclic amines) is 1. The van der Waals surface area contributed by atoms with E-state index in [-0.39, 0.29) is 30.8 Å². The number of benzene rings is 2. The third-order valence-corrected chi connectivity index (χ3v) is 7.17. The van der Waals surface area contributed by atoms with Gasteiger partial charge >= 0.3 is 6.03 Å². The van der Waals surface area contributed by atoms with Crippen molar-refractivity contribution >= 4 is 34.9 Å². The van der Waals surface area contributed by atoms with Crippen LogP contribution in [0.15, 0.2) is 66.2 Å². The van der Waals surface area contributed by atoms with Crippen LogP contribution in [0.3, 0.4) is 0 Å². The number of ether oxygens (including phenoxy) is 1. The molecule has 0 radical (unpaired) electrons. The number of rotatable bonds is 5. The van der Waals surface area contributed by atoms with E-state index in [9.17, 15) is 14.0 Å². The van der Waals surface area contributed by atoms with Crippen molar-refractivity contribution in [2.45, 2.75) is 44.2 Å². The second-order valence-electron chi connectivity index (χ2n) is 9.55.